The molecule has 1 aromatic heterocycles. The SMILES string of the molecule is Cc1cc(NCC2CC2C)nc(C)n1. The van der Waals surface area contributed by atoms with Crippen LogP contribution >= 0.6 is 0 Å². The van der Waals surface area contributed by atoms with Crippen molar-refractivity contribution < 1.29 is 0 Å². The minimum absolute atomic E-state index is 0.844. The number of aromatic nitrogens is 2. The molecule has 2 rings (SSSR count). The summed E-state index contributed by atoms with van der Waals surface area (Å²) in [6, 6.07) is 2.00. The first kappa shape index (κ1) is 9.44. The molecule has 0 aromatic carbocycles. The summed E-state index contributed by atoms with van der Waals surface area (Å²) in [5.74, 6) is 3.56. The van der Waals surface area contributed by atoms with Gasteiger partial charge in [0.1, 0.15) is 11.6 Å². The van der Waals surface area contributed by atoms with Crippen LogP contribution in [-0.2, 0) is 0 Å². The highest BCUT2D eigenvalue weighted by atomic mass is 15.0. The van der Waals surface area contributed by atoms with Gasteiger partial charge in [-0.05, 0) is 32.1 Å². The van der Waals surface area contributed by atoms with E-state index in [4.69, 9.17) is 0 Å². The van der Waals surface area contributed by atoms with Gasteiger partial charge in [-0.15, -0.1) is 0 Å². The van der Waals surface area contributed by atoms with Crippen molar-refractivity contribution in [3.05, 3.63) is 17.6 Å². The molecule has 1 aliphatic rings. The van der Waals surface area contributed by atoms with Crippen molar-refractivity contribution in [3.8, 4) is 0 Å². The molecule has 0 bridgehead atoms. The van der Waals surface area contributed by atoms with Crippen LogP contribution in [0.15, 0.2) is 6.07 Å². The fraction of sp³-hybridized carbons (Fsp3) is 0.636. The monoisotopic (exact) mass is 191 g/mol. The first-order valence-electron chi connectivity index (χ1n) is 5.21. The van der Waals surface area contributed by atoms with E-state index in [0.717, 1.165) is 35.7 Å². The quantitative estimate of drug-likeness (QED) is 0.795. The van der Waals surface area contributed by atoms with Crippen molar-refractivity contribution in [1.82, 2.24) is 9.97 Å². The van der Waals surface area contributed by atoms with E-state index in [1.807, 2.05) is 19.9 Å². The largest absolute Gasteiger partial charge is 0.370 e. The highest BCUT2D eigenvalue weighted by Crippen LogP contribution is 2.37. The van der Waals surface area contributed by atoms with Crippen molar-refractivity contribution in [1.29, 1.82) is 0 Å². The third-order valence-corrected chi connectivity index (χ3v) is 2.79. The minimum atomic E-state index is 0.844. The minimum Gasteiger partial charge on any atom is -0.370 e. The molecule has 0 saturated heterocycles. The first-order valence-corrected chi connectivity index (χ1v) is 5.21. The number of nitrogens with one attached hydrogen (secondary N) is 1. The molecule has 2 atom stereocenters. The van der Waals surface area contributed by atoms with E-state index in [2.05, 4.69) is 22.2 Å². The van der Waals surface area contributed by atoms with Gasteiger partial charge in [-0.2, -0.15) is 0 Å². The Balaban J connectivity index is 1.95. The fourth-order valence-electron chi connectivity index (χ4n) is 1.73. The Morgan fingerprint density at radius 3 is 2.71 bits per heavy atom. The van der Waals surface area contributed by atoms with Gasteiger partial charge < -0.3 is 5.32 Å². The third kappa shape index (κ3) is 2.22. The Bertz CT molecular complexity index is 315. The van der Waals surface area contributed by atoms with E-state index in [0.29, 0.717) is 0 Å². The Hall–Kier alpha value is -1.12. The number of anilines is 1. The Morgan fingerprint density at radius 2 is 2.14 bits per heavy atom. The van der Waals surface area contributed by atoms with Crippen molar-refractivity contribution in [2.45, 2.75) is 27.2 Å². The molecule has 3 heteroatoms. The number of hydrogen-bond acceptors (Lipinski definition) is 3. The van der Waals surface area contributed by atoms with Crippen LogP contribution < -0.4 is 5.32 Å². The van der Waals surface area contributed by atoms with Crippen LogP contribution in [-0.4, -0.2) is 16.5 Å². The summed E-state index contributed by atoms with van der Waals surface area (Å²) in [7, 11) is 0. The maximum Gasteiger partial charge on any atom is 0.129 e. The lowest BCUT2D eigenvalue weighted by atomic mass is 10.3. The number of hydrogen-bond donors (Lipinski definition) is 1. The lowest BCUT2D eigenvalue weighted by Crippen LogP contribution is -2.07. The van der Waals surface area contributed by atoms with E-state index in [1.165, 1.54) is 6.42 Å². The normalized spacial score (nSPS) is 24.8. The molecule has 76 valence electrons. The molecular weight excluding hydrogens is 174 g/mol. The average Bonchev–Trinajstić information content (AvgIpc) is 2.77. The van der Waals surface area contributed by atoms with Gasteiger partial charge in [-0.1, -0.05) is 6.92 Å². The predicted octanol–water partition coefficient (Wildman–Crippen LogP) is 2.16. The van der Waals surface area contributed by atoms with Gasteiger partial charge in [0.2, 0.25) is 0 Å². The number of nitrogens with zero attached hydrogens (tertiary/aromatic N) is 2. The zero-order chi connectivity index (χ0) is 10.1. The van der Waals surface area contributed by atoms with Gasteiger partial charge in [-0.3, -0.25) is 0 Å². The zero-order valence-corrected chi connectivity index (χ0v) is 9.04. The number of aryl methyl sites for hydroxylation is 2. The van der Waals surface area contributed by atoms with Crippen LogP contribution in [0.25, 0.3) is 0 Å². The zero-order valence-electron chi connectivity index (χ0n) is 9.04. The van der Waals surface area contributed by atoms with Crippen LogP contribution in [0.2, 0.25) is 0 Å². The lowest BCUT2D eigenvalue weighted by molar-refractivity contribution is 0.782. The molecule has 1 fully saturated rings. The second kappa shape index (κ2) is 3.56. The molecular formula is C11H17N3. The highest BCUT2D eigenvalue weighted by Gasteiger charge is 2.31. The lowest BCUT2D eigenvalue weighted by Gasteiger charge is -2.05. The topological polar surface area (TPSA) is 37.8 Å². The Labute approximate surface area is 85.0 Å². The Morgan fingerprint density at radius 1 is 1.43 bits per heavy atom. The van der Waals surface area contributed by atoms with Crippen molar-refractivity contribution in [2.75, 3.05) is 11.9 Å². The van der Waals surface area contributed by atoms with E-state index in [1.54, 1.807) is 0 Å². The van der Waals surface area contributed by atoms with Gasteiger partial charge in [0.05, 0.1) is 0 Å². The van der Waals surface area contributed by atoms with Crippen LogP contribution in [0.3, 0.4) is 0 Å². The smallest absolute Gasteiger partial charge is 0.129 e. The number of rotatable bonds is 3. The third-order valence-electron chi connectivity index (χ3n) is 2.79. The van der Waals surface area contributed by atoms with Gasteiger partial charge >= 0.3 is 0 Å². The molecule has 1 N–H and O–H groups in total. The Kier molecular flexibility index (Phi) is 2.40. The maximum atomic E-state index is 4.34. The second-order valence-electron chi connectivity index (χ2n) is 4.30. The molecule has 0 spiro atoms. The first-order chi connectivity index (χ1) is 6.65. The molecule has 1 aromatic rings. The summed E-state index contributed by atoms with van der Waals surface area (Å²) in [6.45, 7) is 7.28. The molecule has 1 saturated carbocycles. The van der Waals surface area contributed by atoms with Gasteiger partial charge in [-0.25, -0.2) is 9.97 Å². The molecule has 0 radical (unpaired) electrons. The maximum absolute atomic E-state index is 4.34. The van der Waals surface area contributed by atoms with E-state index in [9.17, 15) is 0 Å². The molecule has 2 unspecified atom stereocenters. The van der Waals surface area contributed by atoms with Gasteiger partial charge in [0, 0.05) is 18.3 Å². The fourth-order valence-corrected chi connectivity index (χ4v) is 1.73. The molecule has 14 heavy (non-hydrogen) atoms. The summed E-state index contributed by atoms with van der Waals surface area (Å²) < 4.78 is 0. The molecule has 1 aliphatic carbocycles. The van der Waals surface area contributed by atoms with Crippen molar-refractivity contribution >= 4 is 5.82 Å². The molecule has 0 amide bonds. The van der Waals surface area contributed by atoms with Crippen molar-refractivity contribution in [2.24, 2.45) is 11.8 Å². The van der Waals surface area contributed by atoms with E-state index >= 15 is 0 Å². The van der Waals surface area contributed by atoms with Gasteiger partial charge in [0.15, 0.2) is 0 Å². The summed E-state index contributed by atoms with van der Waals surface area (Å²) in [4.78, 5) is 8.58. The average molecular weight is 191 g/mol. The summed E-state index contributed by atoms with van der Waals surface area (Å²) in [5.41, 5.74) is 1.03. The van der Waals surface area contributed by atoms with Crippen molar-refractivity contribution in [3.63, 3.8) is 0 Å². The molecule has 3 nitrogen and oxygen atoms in total. The van der Waals surface area contributed by atoms with Gasteiger partial charge in [0.25, 0.3) is 0 Å². The summed E-state index contributed by atoms with van der Waals surface area (Å²) in [6.07, 6.45) is 1.36. The molecule has 0 aliphatic heterocycles. The standard InChI is InChI=1S/C11H17N3/c1-7-4-10(7)6-12-11-5-8(2)13-9(3)14-11/h5,7,10H,4,6H2,1-3H3,(H,12,13,14). The summed E-state index contributed by atoms with van der Waals surface area (Å²) >= 11 is 0. The van der Waals surface area contributed by atoms with Crippen LogP contribution in [0.5, 0.6) is 0 Å². The van der Waals surface area contributed by atoms with E-state index in [-0.39, 0.29) is 0 Å². The molecule has 1 heterocycles. The summed E-state index contributed by atoms with van der Waals surface area (Å²) in [5, 5.41) is 3.37. The van der Waals surface area contributed by atoms with Crippen LogP contribution in [0, 0.1) is 25.7 Å². The second-order valence-corrected chi connectivity index (χ2v) is 4.30. The van der Waals surface area contributed by atoms with Crippen LogP contribution in [0.1, 0.15) is 24.9 Å². The van der Waals surface area contributed by atoms with Crippen LogP contribution in [0.4, 0.5) is 5.82 Å². The highest BCUT2D eigenvalue weighted by molar-refractivity contribution is 5.35. The predicted molar refractivity (Wildman–Crippen MR) is 57.3 cm³/mol. The van der Waals surface area contributed by atoms with E-state index < -0.39 is 0 Å².